The van der Waals surface area contributed by atoms with Crippen molar-refractivity contribution in [3.8, 4) is 6.07 Å². The van der Waals surface area contributed by atoms with Gasteiger partial charge in [-0.1, -0.05) is 0 Å². The van der Waals surface area contributed by atoms with E-state index in [0.29, 0.717) is 6.42 Å². The van der Waals surface area contributed by atoms with E-state index in [4.69, 9.17) is 65.9 Å². The van der Waals surface area contributed by atoms with Gasteiger partial charge in [0.1, 0.15) is 56.9 Å². The number of rotatable bonds is 37. The number of amides is 5. The fourth-order valence-corrected chi connectivity index (χ4v) is 9.84. The van der Waals surface area contributed by atoms with Crippen molar-refractivity contribution in [1.82, 2.24) is 31.3 Å². The zero-order valence-electron chi connectivity index (χ0n) is 50.0. The molecule has 11 atom stereocenters. The highest BCUT2D eigenvalue weighted by atomic mass is 31.2. The van der Waals surface area contributed by atoms with Crippen molar-refractivity contribution in [2.24, 2.45) is 0 Å². The van der Waals surface area contributed by atoms with Crippen LogP contribution in [0.5, 0.6) is 0 Å². The van der Waals surface area contributed by atoms with Crippen LogP contribution in [0, 0.1) is 11.3 Å². The number of nitrogens with one attached hydrogen (secondary N) is 5. The molecule has 2 aliphatic rings. The third-order valence-electron chi connectivity index (χ3n) is 11.4. The molecule has 2 fully saturated rings. The number of nitrogens with zero attached hydrogens (tertiary/aromatic N) is 2. The first-order chi connectivity index (χ1) is 40.2. The summed E-state index contributed by atoms with van der Waals surface area (Å²) in [7, 11) is -1.92. The van der Waals surface area contributed by atoms with Crippen LogP contribution in [0.1, 0.15) is 115 Å². The summed E-state index contributed by atoms with van der Waals surface area (Å²) in [6, 6.07) is 0.595. The topological polar surface area (TPSA) is 404 Å². The Bertz CT molecular complexity index is 2220. The van der Waals surface area contributed by atoms with Crippen molar-refractivity contribution in [3.63, 3.8) is 0 Å². The highest BCUT2D eigenvalue weighted by Gasteiger charge is 2.51. The van der Waals surface area contributed by atoms with Crippen molar-refractivity contribution in [2.75, 3.05) is 72.4 Å². The number of hydrogen-bond acceptors (Lipinski definition) is 27. The first-order valence-corrected chi connectivity index (χ1v) is 28.7. The highest BCUT2D eigenvalue weighted by molar-refractivity contribution is 7.44. The molecule has 2 rings (SSSR count). The molecule has 33 heteroatoms. The molecular formula is C52H84N7O25P. The van der Waals surface area contributed by atoms with Gasteiger partial charge in [0.05, 0.1) is 32.3 Å². The molecule has 0 aliphatic carbocycles. The summed E-state index contributed by atoms with van der Waals surface area (Å²) in [5.41, 5.74) is 0. The molecule has 0 saturated carbocycles. The third kappa shape index (κ3) is 31.4. The molecule has 5 amide bonds. The van der Waals surface area contributed by atoms with Crippen LogP contribution in [-0.2, 0) is 109 Å². The van der Waals surface area contributed by atoms with Gasteiger partial charge in [0, 0.05) is 106 Å². The fourth-order valence-electron chi connectivity index (χ4n) is 8.15. The van der Waals surface area contributed by atoms with E-state index in [2.05, 4.69) is 26.6 Å². The van der Waals surface area contributed by atoms with E-state index in [-0.39, 0.29) is 96.8 Å². The van der Waals surface area contributed by atoms with E-state index in [1.54, 1.807) is 0 Å². The van der Waals surface area contributed by atoms with Crippen LogP contribution in [0.25, 0.3) is 0 Å². The minimum atomic E-state index is -1.92. The van der Waals surface area contributed by atoms with E-state index >= 15 is 0 Å². The summed E-state index contributed by atoms with van der Waals surface area (Å²) in [6.45, 7) is 14.0. The van der Waals surface area contributed by atoms with E-state index < -0.39 is 155 Å². The maximum Gasteiger partial charge on any atom is 0.407 e. The number of carbonyl (C=O) groups excluding carboxylic acids is 11. The molecule has 0 aromatic heterocycles. The molecule has 0 bridgehead atoms. The summed E-state index contributed by atoms with van der Waals surface area (Å²) in [5.74, 6) is -5.57. The third-order valence-corrected chi connectivity index (χ3v) is 13.6. The molecule has 85 heavy (non-hydrogen) atoms. The van der Waals surface area contributed by atoms with Crippen molar-refractivity contribution in [2.45, 2.75) is 188 Å². The second-order valence-corrected chi connectivity index (χ2v) is 21.0. The minimum absolute atomic E-state index is 0.00125. The largest absolute Gasteiger partial charge is 0.463 e. The maximum absolute atomic E-state index is 12.9. The number of alkyl carbamates (subject to hydrolysis) is 2. The molecule has 0 aromatic rings. The summed E-state index contributed by atoms with van der Waals surface area (Å²) < 4.78 is 80.2. The van der Waals surface area contributed by atoms with Gasteiger partial charge < -0.3 is 92.5 Å². The molecule has 2 aliphatic heterocycles. The zero-order chi connectivity index (χ0) is 63.6. The van der Waals surface area contributed by atoms with Gasteiger partial charge in [-0.2, -0.15) is 5.26 Å². The van der Waals surface area contributed by atoms with Crippen LogP contribution in [0.3, 0.4) is 0 Å². The van der Waals surface area contributed by atoms with E-state index in [1.807, 2.05) is 38.4 Å². The van der Waals surface area contributed by atoms with Crippen LogP contribution in [0.15, 0.2) is 0 Å². The molecule has 0 aromatic carbocycles. The monoisotopic (exact) mass is 1240 g/mol. The van der Waals surface area contributed by atoms with Gasteiger partial charge in [-0.25, -0.2) is 14.3 Å². The first kappa shape index (κ1) is 74.5. The predicted molar refractivity (Wildman–Crippen MR) is 290 cm³/mol. The van der Waals surface area contributed by atoms with Crippen LogP contribution in [0.4, 0.5) is 9.59 Å². The number of nitriles is 1. The Kier molecular flexibility index (Phi) is 35.7. The number of esters is 6. The molecule has 0 spiro atoms. The van der Waals surface area contributed by atoms with Gasteiger partial charge in [0.15, 0.2) is 30.9 Å². The summed E-state index contributed by atoms with van der Waals surface area (Å²) in [5, 5.41) is 22.1. The average Bonchev–Trinajstić information content (AvgIpc) is 1.86. The maximum atomic E-state index is 12.9. The summed E-state index contributed by atoms with van der Waals surface area (Å²) in [4.78, 5) is 134. The number of carbonyl (C=O) groups is 11. The van der Waals surface area contributed by atoms with Gasteiger partial charge >= 0.3 is 48.0 Å². The minimum Gasteiger partial charge on any atom is -0.463 e. The van der Waals surface area contributed by atoms with Crippen LogP contribution in [-0.4, -0.2) is 216 Å². The summed E-state index contributed by atoms with van der Waals surface area (Å²) in [6.07, 6.45) is -11.8. The first-order valence-electron chi connectivity index (χ1n) is 27.6. The molecule has 0 radical (unpaired) electrons. The number of ether oxygens (including phenoxy) is 12. The van der Waals surface area contributed by atoms with Crippen molar-refractivity contribution in [3.05, 3.63) is 0 Å². The van der Waals surface area contributed by atoms with E-state index in [0.717, 1.165) is 20.8 Å². The molecule has 32 nitrogen and oxygen atoms in total. The standard InChI is InChI=1S/C52H84N7O25P/c1-30(2)59(31(3)4)85(77-24-12-17-53)84-39(26-75-51(69)56-20-15-43(67)54-18-13-22-71-45-25-40(78-35(8)63)47(79-36(9)64)41(82-45)28-73-33(6)61)27-76-52(70)57-21-16-44(68)55-19-14-23-72-50-46(58-32(5)60)49(81-38(11)66)48(80-37(10)65)42(83-50)29-74-34(7)62/h30-31,39-42,45-50H,12-16,18-29H2,1-11H3,(H,54,67)(H,55,68)(H,56,69)(H,57,70)(H,58,60)/t39?,40?,41-,42-,45-,46-,47-,48+,49-,50-,85?/m1/s1. The van der Waals surface area contributed by atoms with Gasteiger partial charge in [-0.15, -0.1) is 0 Å². The molecule has 2 heterocycles. The molecular weight excluding hydrogens is 1150 g/mol. The Hall–Kier alpha value is -6.59. The quantitative estimate of drug-likeness (QED) is 0.0252. The Balaban J connectivity index is 1.94. The molecule has 3 unspecified atom stereocenters. The van der Waals surface area contributed by atoms with Gasteiger partial charge in [-0.05, 0) is 40.5 Å². The SMILES string of the molecule is CC(=O)N[C@H]1[C@H](OCCCNC(=O)CCNC(=O)OCC(COC(=O)NCCC(=O)NCCCO[C@H]2CC(OC(C)=O)[C@@H](OC(C)=O)[C@@H](COC(C)=O)O2)OP(OCCC#N)N(C(C)C)C(C)C)O[C@H](COC(C)=O)[C@H](OC(C)=O)[C@@H]1OC(C)=O. The lowest BCUT2D eigenvalue weighted by atomic mass is 9.96. The van der Waals surface area contributed by atoms with Gasteiger partial charge in [0.2, 0.25) is 17.7 Å². The Morgan fingerprint density at radius 2 is 1.06 bits per heavy atom. The van der Waals surface area contributed by atoms with Crippen molar-refractivity contribution < 1.29 is 119 Å². The van der Waals surface area contributed by atoms with Crippen molar-refractivity contribution >= 4 is 74.3 Å². The molecule has 5 N–H and O–H groups in total. The normalized spacial score (nSPS) is 21.6. The van der Waals surface area contributed by atoms with Crippen LogP contribution >= 0.6 is 8.53 Å². The van der Waals surface area contributed by atoms with Crippen LogP contribution < -0.4 is 26.6 Å². The van der Waals surface area contributed by atoms with Gasteiger partial charge in [-0.3, -0.25) is 43.2 Å². The lowest BCUT2D eigenvalue weighted by Crippen LogP contribution is -2.66. The fraction of sp³-hybridized carbons (Fsp3) is 0.769. The van der Waals surface area contributed by atoms with Crippen molar-refractivity contribution in [1.29, 1.82) is 5.26 Å². The smallest absolute Gasteiger partial charge is 0.407 e. The Morgan fingerprint density at radius 3 is 1.53 bits per heavy atom. The van der Waals surface area contributed by atoms with E-state index in [9.17, 15) is 58.0 Å². The predicted octanol–water partition coefficient (Wildman–Crippen LogP) is 1.12. The lowest BCUT2D eigenvalue weighted by molar-refractivity contribution is -0.277. The summed E-state index contributed by atoms with van der Waals surface area (Å²) >= 11 is 0. The zero-order valence-corrected chi connectivity index (χ0v) is 50.9. The lowest BCUT2D eigenvalue weighted by Gasteiger charge is -2.44. The average molecular weight is 1240 g/mol. The Labute approximate surface area is 494 Å². The second-order valence-electron chi connectivity index (χ2n) is 19.6. The number of hydrogen-bond donors (Lipinski definition) is 5. The van der Waals surface area contributed by atoms with Crippen LogP contribution in [0.2, 0.25) is 0 Å². The second kappa shape index (κ2) is 40.7. The Morgan fingerprint density at radius 1 is 0.576 bits per heavy atom. The van der Waals surface area contributed by atoms with Gasteiger partial charge in [0.25, 0.3) is 8.53 Å². The molecule has 2 saturated heterocycles. The van der Waals surface area contributed by atoms with E-state index in [1.165, 1.54) is 27.7 Å². The highest BCUT2D eigenvalue weighted by Crippen LogP contribution is 2.47. The molecule has 482 valence electrons.